The Kier molecular flexibility index (Phi) is 4.09. The molecule has 6 nitrogen and oxygen atoms in total. The van der Waals surface area contributed by atoms with Crippen LogP contribution in [-0.2, 0) is 0 Å². The van der Waals surface area contributed by atoms with Gasteiger partial charge in [0.25, 0.3) is 5.91 Å². The van der Waals surface area contributed by atoms with Crippen LogP contribution in [0.5, 0.6) is 0 Å². The number of H-pyrrole nitrogens is 1. The average Bonchev–Trinajstić information content (AvgIpc) is 3.27. The number of hydrogen-bond acceptors (Lipinski definition) is 4. The molecule has 0 saturated carbocycles. The Morgan fingerprint density at radius 3 is 2.96 bits per heavy atom. The molecule has 130 valence electrons. The van der Waals surface area contributed by atoms with Crippen LogP contribution in [0.4, 0.5) is 0 Å². The van der Waals surface area contributed by atoms with E-state index in [1.54, 1.807) is 11.0 Å². The number of likely N-dealkylation sites (tertiary alicyclic amines) is 1. The number of carbonyl (C=O) groups is 1. The van der Waals surface area contributed by atoms with Gasteiger partial charge in [0.2, 0.25) is 0 Å². The predicted octanol–water partition coefficient (Wildman–Crippen LogP) is 3.77. The number of nitriles is 1. The smallest absolute Gasteiger partial charge is 0.273 e. The number of rotatable bonds is 2. The standard InChI is InChI=1S/C19H16ClN5O/c1-11-4-6-13-15(9-11)24-18(23-13)16-3-2-8-25(16)19(26)14-7-5-12(10-21)17(20)22-14/h4-7,9,16H,2-3,8H2,1H3,(H,23,24). The zero-order valence-corrected chi connectivity index (χ0v) is 14.9. The maximum Gasteiger partial charge on any atom is 0.273 e. The summed E-state index contributed by atoms with van der Waals surface area (Å²) in [6.45, 7) is 2.67. The summed E-state index contributed by atoms with van der Waals surface area (Å²) in [5.74, 6) is 0.590. The summed E-state index contributed by atoms with van der Waals surface area (Å²) < 4.78 is 0. The van der Waals surface area contributed by atoms with E-state index in [9.17, 15) is 4.79 Å². The van der Waals surface area contributed by atoms with Gasteiger partial charge in [-0.2, -0.15) is 5.26 Å². The summed E-state index contributed by atoms with van der Waals surface area (Å²) in [6.07, 6.45) is 1.74. The van der Waals surface area contributed by atoms with Crippen LogP contribution >= 0.6 is 11.6 Å². The molecule has 0 aliphatic carbocycles. The summed E-state index contributed by atoms with van der Waals surface area (Å²) in [6, 6.07) is 11.0. The van der Waals surface area contributed by atoms with Gasteiger partial charge in [-0.3, -0.25) is 4.79 Å². The molecule has 1 unspecified atom stereocenters. The van der Waals surface area contributed by atoms with E-state index >= 15 is 0 Å². The first kappa shape index (κ1) is 16.6. The minimum atomic E-state index is -0.199. The molecule has 26 heavy (non-hydrogen) atoms. The first-order chi connectivity index (χ1) is 12.6. The topological polar surface area (TPSA) is 85.7 Å². The molecule has 7 heteroatoms. The average molecular weight is 366 g/mol. The maximum atomic E-state index is 12.9. The zero-order chi connectivity index (χ0) is 18.3. The summed E-state index contributed by atoms with van der Waals surface area (Å²) in [5.41, 5.74) is 3.52. The number of amides is 1. The van der Waals surface area contributed by atoms with Gasteiger partial charge in [-0.25, -0.2) is 9.97 Å². The van der Waals surface area contributed by atoms with E-state index in [1.165, 1.54) is 6.07 Å². The van der Waals surface area contributed by atoms with Crippen LogP contribution in [0.2, 0.25) is 5.15 Å². The van der Waals surface area contributed by atoms with E-state index in [-0.39, 0.29) is 28.4 Å². The molecule has 1 fully saturated rings. The molecule has 0 radical (unpaired) electrons. The summed E-state index contributed by atoms with van der Waals surface area (Å²) in [4.78, 5) is 26.8. The molecule has 1 N–H and O–H groups in total. The maximum absolute atomic E-state index is 12.9. The quantitative estimate of drug-likeness (QED) is 0.700. The van der Waals surface area contributed by atoms with Crippen molar-refractivity contribution in [1.29, 1.82) is 5.26 Å². The highest BCUT2D eigenvalue weighted by molar-refractivity contribution is 6.30. The minimum absolute atomic E-state index is 0.0494. The van der Waals surface area contributed by atoms with Crippen molar-refractivity contribution >= 4 is 28.5 Å². The van der Waals surface area contributed by atoms with E-state index in [2.05, 4.69) is 21.0 Å². The van der Waals surface area contributed by atoms with Crippen molar-refractivity contribution in [2.45, 2.75) is 25.8 Å². The Bertz CT molecular complexity index is 1050. The SMILES string of the molecule is Cc1ccc2nc(C3CCCN3C(=O)c3ccc(C#N)c(Cl)n3)[nH]c2c1. The van der Waals surface area contributed by atoms with Crippen molar-refractivity contribution in [2.75, 3.05) is 6.54 Å². The van der Waals surface area contributed by atoms with Crippen LogP contribution in [0.3, 0.4) is 0 Å². The molecule has 1 aliphatic heterocycles. The second-order valence-electron chi connectivity index (χ2n) is 6.45. The molecule has 0 bridgehead atoms. The number of halogens is 1. The normalized spacial score (nSPS) is 16.8. The lowest BCUT2D eigenvalue weighted by Gasteiger charge is -2.22. The zero-order valence-electron chi connectivity index (χ0n) is 14.2. The van der Waals surface area contributed by atoms with Gasteiger partial charge in [-0.05, 0) is 49.6 Å². The van der Waals surface area contributed by atoms with E-state index < -0.39 is 0 Å². The van der Waals surface area contributed by atoms with Crippen molar-refractivity contribution in [3.63, 3.8) is 0 Å². The number of benzene rings is 1. The lowest BCUT2D eigenvalue weighted by atomic mass is 10.2. The molecule has 3 aromatic rings. The molecule has 1 aliphatic rings. The summed E-state index contributed by atoms with van der Waals surface area (Å²) in [7, 11) is 0. The molecule has 1 saturated heterocycles. The second kappa shape index (κ2) is 6.43. The fraction of sp³-hybridized carbons (Fsp3) is 0.263. The van der Waals surface area contributed by atoms with Gasteiger partial charge >= 0.3 is 0 Å². The van der Waals surface area contributed by atoms with E-state index in [0.29, 0.717) is 6.54 Å². The molecule has 0 spiro atoms. The van der Waals surface area contributed by atoms with Gasteiger partial charge < -0.3 is 9.88 Å². The molecule has 2 aromatic heterocycles. The molecule has 4 rings (SSSR count). The first-order valence-electron chi connectivity index (χ1n) is 8.40. The predicted molar refractivity (Wildman–Crippen MR) is 97.8 cm³/mol. The third kappa shape index (κ3) is 2.80. The number of imidazole rings is 1. The number of hydrogen-bond donors (Lipinski definition) is 1. The molecule has 1 aromatic carbocycles. The lowest BCUT2D eigenvalue weighted by molar-refractivity contribution is 0.0724. The Balaban J connectivity index is 1.66. The van der Waals surface area contributed by atoms with Gasteiger partial charge in [-0.15, -0.1) is 0 Å². The van der Waals surface area contributed by atoms with Gasteiger partial charge in [-0.1, -0.05) is 17.7 Å². The highest BCUT2D eigenvalue weighted by atomic mass is 35.5. The van der Waals surface area contributed by atoms with Crippen molar-refractivity contribution in [2.24, 2.45) is 0 Å². The van der Waals surface area contributed by atoms with Gasteiger partial charge in [0, 0.05) is 6.54 Å². The van der Waals surface area contributed by atoms with Crippen molar-refractivity contribution in [3.8, 4) is 6.07 Å². The molecule has 1 amide bonds. The number of carbonyl (C=O) groups excluding carboxylic acids is 1. The fourth-order valence-electron chi connectivity index (χ4n) is 3.38. The molecular weight excluding hydrogens is 350 g/mol. The van der Waals surface area contributed by atoms with Crippen molar-refractivity contribution < 1.29 is 4.79 Å². The van der Waals surface area contributed by atoms with Crippen LogP contribution in [0, 0.1) is 18.3 Å². The van der Waals surface area contributed by atoms with Gasteiger partial charge in [0.15, 0.2) is 0 Å². The highest BCUT2D eigenvalue weighted by Crippen LogP contribution is 2.32. The van der Waals surface area contributed by atoms with Crippen LogP contribution in [0.15, 0.2) is 30.3 Å². The number of nitrogens with one attached hydrogen (secondary N) is 1. The number of pyridine rings is 1. The van der Waals surface area contributed by atoms with E-state index in [4.69, 9.17) is 16.9 Å². The number of aryl methyl sites for hydroxylation is 1. The largest absolute Gasteiger partial charge is 0.340 e. The Morgan fingerprint density at radius 2 is 2.19 bits per heavy atom. The summed E-state index contributed by atoms with van der Waals surface area (Å²) in [5, 5.41) is 9.01. The Hall–Kier alpha value is -2.91. The van der Waals surface area contributed by atoms with Crippen molar-refractivity contribution in [1.82, 2.24) is 19.9 Å². The van der Waals surface area contributed by atoms with Crippen LogP contribution in [0.25, 0.3) is 11.0 Å². The van der Waals surface area contributed by atoms with Crippen LogP contribution in [-0.4, -0.2) is 32.3 Å². The second-order valence-corrected chi connectivity index (χ2v) is 6.80. The lowest BCUT2D eigenvalue weighted by Crippen LogP contribution is -2.31. The highest BCUT2D eigenvalue weighted by Gasteiger charge is 2.33. The number of aromatic amines is 1. The molecule has 3 heterocycles. The fourth-order valence-corrected chi connectivity index (χ4v) is 3.58. The van der Waals surface area contributed by atoms with Crippen LogP contribution in [0.1, 0.15) is 46.3 Å². The third-order valence-electron chi connectivity index (χ3n) is 4.67. The number of fused-ring (bicyclic) bond motifs is 1. The monoisotopic (exact) mass is 365 g/mol. The van der Waals surface area contributed by atoms with Crippen LogP contribution < -0.4 is 0 Å². The van der Waals surface area contributed by atoms with E-state index in [0.717, 1.165) is 35.3 Å². The van der Waals surface area contributed by atoms with Crippen molar-refractivity contribution in [3.05, 3.63) is 58.1 Å². The molecular formula is C19H16ClN5O. The first-order valence-corrected chi connectivity index (χ1v) is 8.78. The summed E-state index contributed by atoms with van der Waals surface area (Å²) >= 11 is 5.98. The Labute approximate surface area is 155 Å². The minimum Gasteiger partial charge on any atom is -0.340 e. The Morgan fingerprint density at radius 1 is 1.35 bits per heavy atom. The molecule has 1 atom stereocenters. The van der Waals surface area contributed by atoms with Gasteiger partial charge in [0.05, 0.1) is 22.6 Å². The third-order valence-corrected chi connectivity index (χ3v) is 4.96. The van der Waals surface area contributed by atoms with Gasteiger partial charge in [0.1, 0.15) is 22.7 Å². The number of nitrogens with zero attached hydrogens (tertiary/aromatic N) is 4. The number of aromatic nitrogens is 3. The van der Waals surface area contributed by atoms with E-state index in [1.807, 2.05) is 25.1 Å².